The van der Waals surface area contributed by atoms with E-state index in [9.17, 15) is 4.79 Å². The van der Waals surface area contributed by atoms with E-state index in [-0.39, 0.29) is 5.91 Å². The van der Waals surface area contributed by atoms with E-state index in [4.69, 9.17) is 4.74 Å². The van der Waals surface area contributed by atoms with E-state index in [0.717, 1.165) is 51.8 Å². The van der Waals surface area contributed by atoms with Crippen LogP contribution in [0.25, 0.3) is 0 Å². The monoisotopic (exact) mass is 325 g/mol. The minimum Gasteiger partial charge on any atom is -0.379 e. The van der Waals surface area contributed by atoms with Gasteiger partial charge in [-0.15, -0.1) is 0 Å². The lowest BCUT2D eigenvalue weighted by atomic mass is 9.92. The number of hydrogen-bond acceptors (Lipinski definition) is 4. The van der Waals surface area contributed by atoms with Gasteiger partial charge >= 0.3 is 0 Å². The number of morpholine rings is 1. The van der Waals surface area contributed by atoms with E-state index in [2.05, 4.69) is 25.4 Å². The molecule has 7 nitrogen and oxygen atoms in total. The van der Waals surface area contributed by atoms with Gasteiger partial charge < -0.3 is 20.3 Å². The van der Waals surface area contributed by atoms with E-state index in [1.165, 1.54) is 0 Å². The second-order valence-corrected chi connectivity index (χ2v) is 6.90. The molecule has 2 N–H and O–H groups in total. The summed E-state index contributed by atoms with van der Waals surface area (Å²) >= 11 is 0. The molecule has 0 bridgehead atoms. The number of carbonyl (C=O) groups excluding carboxylic acids is 1. The fourth-order valence-electron chi connectivity index (χ4n) is 3.23. The third kappa shape index (κ3) is 4.57. The Hall–Kier alpha value is -1.34. The van der Waals surface area contributed by atoms with Gasteiger partial charge in [-0.2, -0.15) is 0 Å². The first-order chi connectivity index (χ1) is 11.0. The second kappa shape index (κ2) is 7.97. The quantitative estimate of drug-likeness (QED) is 0.551. The molecule has 2 aliphatic heterocycles. The number of nitrogens with one attached hydrogen (secondary N) is 2. The SMILES string of the molecule is CN=C(NCC(C)(C)C(=O)NC)N1CCC(N2CCOCC2)C1. The molecule has 7 heteroatoms. The molecule has 2 aliphatic rings. The summed E-state index contributed by atoms with van der Waals surface area (Å²) in [7, 11) is 3.48. The summed E-state index contributed by atoms with van der Waals surface area (Å²) < 4.78 is 5.43. The highest BCUT2D eigenvalue weighted by Crippen LogP contribution is 2.18. The van der Waals surface area contributed by atoms with Crippen molar-refractivity contribution in [1.82, 2.24) is 20.4 Å². The molecule has 0 saturated carbocycles. The molecule has 2 heterocycles. The number of likely N-dealkylation sites (tertiary alicyclic amines) is 1. The summed E-state index contributed by atoms with van der Waals surface area (Å²) in [5, 5.41) is 6.08. The fourth-order valence-corrected chi connectivity index (χ4v) is 3.23. The summed E-state index contributed by atoms with van der Waals surface area (Å²) in [5.74, 6) is 0.922. The molecule has 2 fully saturated rings. The average Bonchev–Trinajstić information content (AvgIpc) is 3.05. The number of aliphatic imine (C=N–C) groups is 1. The Morgan fingerprint density at radius 1 is 1.30 bits per heavy atom. The maximum atomic E-state index is 11.9. The zero-order valence-electron chi connectivity index (χ0n) is 14.9. The Kier molecular flexibility index (Phi) is 6.24. The maximum absolute atomic E-state index is 11.9. The van der Waals surface area contributed by atoms with Crippen LogP contribution >= 0.6 is 0 Å². The van der Waals surface area contributed by atoms with Gasteiger partial charge in [-0.25, -0.2) is 0 Å². The van der Waals surface area contributed by atoms with Crippen molar-refractivity contribution >= 4 is 11.9 Å². The van der Waals surface area contributed by atoms with Gasteiger partial charge in [0.25, 0.3) is 0 Å². The molecular formula is C16H31N5O2. The highest BCUT2D eigenvalue weighted by atomic mass is 16.5. The van der Waals surface area contributed by atoms with Crippen molar-refractivity contribution in [2.45, 2.75) is 26.3 Å². The average molecular weight is 325 g/mol. The van der Waals surface area contributed by atoms with Crippen LogP contribution in [-0.2, 0) is 9.53 Å². The zero-order chi connectivity index (χ0) is 16.9. The van der Waals surface area contributed by atoms with Gasteiger partial charge in [0.15, 0.2) is 5.96 Å². The lowest BCUT2D eigenvalue weighted by Crippen LogP contribution is -2.49. The lowest BCUT2D eigenvalue weighted by Gasteiger charge is -2.32. The standard InChI is InChI=1S/C16H31N5O2/c1-16(2,14(22)17-3)12-19-15(18-4)21-6-5-13(11-21)20-7-9-23-10-8-20/h13H,5-12H2,1-4H3,(H,17,22)(H,18,19). The van der Waals surface area contributed by atoms with Gasteiger partial charge in [-0.1, -0.05) is 0 Å². The smallest absolute Gasteiger partial charge is 0.227 e. The highest BCUT2D eigenvalue weighted by molar-refractivity contribution is 5.84. The van der Waals surface area contributed by atoms with E-state index in [1.807, 2.05) is 13.8 Å². The first-order valence-electron chi connectivity index (χ1n) is 8.47. The summed E-state index contributed by atoms with van der Waals surface area (Å²) in [5.41, 5.74) is -0.464. The second-order valence-electron chi connectivity index (χ2n) is 6.90. The Bertz CT molecular complexity index is 432. The van der Waals surface area contributed by atoms with Gasteiger partial charge in [0.2, 0.25) is 5.91 Å². The highest BCUT2D eigenvalue weighted by Gasteiger charge is 2.32. The van der Waals surface area contributed by atoms with Crippen molar-refractivity contribution in [2.24, 2.45) is 10.4 Å². The van der Waals surface area contributed by atoms with Crippen LogP contribution in [-0.4, -0.2) is 87.7 Å². The third-order valence-electron chi connectivity index (χ3n) is 4.77. The van der Waals surface area contributed by atoms with E-state index >= 15 is 0 Å². The third-order valence-corrected chi connectivity index (χ3v) is 4.77. The largest absolute Gasteiger partial charge is 0.379 e. The predicted molar refractivity (Wildman–Crippen MR) is 91.6 cm³/mol. The molecule has 2 saturated heterocycles. The van der Waals surface area contributed by atoms with E-state index in [0.29, 0.717) is 12.6 Å². The predicted octanol–water partition coefficient (Wildman–Crippen LogP) is -0.259. The minimum absolute atomic E-state index is 0.0352. The Morgan fingerprint density at radius 2 is 2.00 bits per heavy atom. The number of amides is 1. The first kappa shape index (κ1) is 18.0. The Labute approximate surface area is 139 Å². The topological polar surface area (TPSA) is 69.2 Å². The number of rotatable bonds is 4. The van der Waals surface area contributed by atoms with E-state index in [1.54, 1.807) is 14.1 Å². The van der Waals surface area contributed by atoms with Crippen LogP contribution in [0.2, 0.25) is 0 Å². The molecule has 0 aromatic rings. The van der Waals surface area contributed by atoms with Gasteiger partial charge in [0, 0.05) is 52.9 Å². The lowest BCUT2D eigenvalue weighted by molar-refractivity contribution is -0.128. The number of ether oxygens (including phenoxy) is 1. The van der Waals surface area contributed by atoms with Crippen LogP contribution in [0.4, 0.5) is 0 Å². The summed E-state index contributed by atoms with van der Waals surface area (Å²) in [6, 6.07) is 0.574. The zero-order valence-corrected chi connectivity index (χ0v) is 14.9. The van der Waals surface area contributed by atoms with Crippen LogP contribution in [0.15, 0.2) is 4.99 Å². The molecule has 0 aromatic heterocycles. The van der Waals surface area contributed by atoms with E-state index < -0.39 is 5.41 Å². The summed E-state index contributed by atoms with van der Waals surface area (Å²) in [4.78, 5) is 21.1. The molecule has 0 aliphatic carbocycles. The van der Waals surface area contributed by atoms with Crippen molar-refractivity contribution in [3.05, 3.63) is 0 Å². The van der Waals surface area contributed by atoms with Crippen LogP contribution in [0.3, 0.4) is 0 Å². The van der Waals surface area contributed by atoms with Crippen molar-refractivity contribution in [2.75, 3.05) is 60.0 Å². The van der Waals surface area contributed by atoms with Crippen LogP contribution in [0.5, 0.6) is 0 Å². The molecule has 0 aromatic carbocycles. The summed E-state index contributed by atoms with van der Waals surface area (Å²) in [6.07, 6.45) is 1.15. The van der Waals surface area contributed by atoms with Crippen molar-refractivity contribution < 1.29 is 9.53 Å². The number of hydrogen-bond donors (Lipinski definition) is 2. The van der Waals surface area contributed by atoms with Crippen LogP contribution < -0.4 is 10.6 Å². The number of nitrogens with zero attached hydrogens (tertiary/aromatic N) is 3. The fraction of sp³-hybridized carbons (Fsp3) is 0.875. The van der Waals surface area contributed by atoms with Gasteiger partial charge in [0.1, 0.15) is 0 Å². The molecule has 1 atom stereocenters. The summed E-state index contributed by atoms with van der Waals surface area (Å²) in [6.45, 7) is 10.1. The normalized spacial score (nSPS) is 23.9. The Balaban J connectivity index is 1.86. The van der Waals surface area contributed by atoms with Gasteiger partial charge in [0.05, 0.1) is 18.6 Å². The molecular weight excluding hydrogens is 294 g/mol. The van der Waals surface area contributed by atoms with Gasteiger partial charge in [-0.3, -0.25) is 14.7 Å². The van der Waals surface area contributed by atoms with Gasteiger partial charge in [-0.05, 0) is 20.3 Å². The first-order valence-corrected chi connectivity index (χ1v) is 8.47. The molecule has 132 valence electrons. The maximum Gasteiger partial charge on any atom is 0.227 e. The van der Waals surface area contributed by atoms with Crippen molar-refractivity contribution in [3.63, 3.8) is 0 Å². The number of guanidine groups is 1. The molecule has 0 radical (unpaired) electrons. The molecule has 2 rings (SSSR count). The van der Waals surface area contributed by atoms with Crippen molar-refractivity contribution in [3.8, 4) is 0 Å². The van der Waals surface area contributed by atoms with Crippen LogP contribution in [0.1, 0.15) is 20.3 Å². The van der Waals surface area contributed by atoms with Crippen LogP contribution in [0, 0.1) is 5.41 Å². The molecule has 23 heavy (non-hydrogen) atoms. The van der Waals surface area contributed by atoms with Crippen molar-refractivity contribution in [1.29, 1.82) is 0 Å². The molecule has 1 unspecified atom stereocenters. The molecule has 1 amide bonds. The number of carbonyl (C=O) groups is 1. The Morgan fingerprint density at radius 3 is 2.61 bits per heavy atom. The minimum atomic E-state index is -0.464. The molecule has 0 spiro atoms.